The number of nitrogens with one attached hydrogen (secondary N) is 1. The molecule has 0 saturated carbocycles. The fourth-order valence-corrected chi connectivity index (χ4v) is 4.26. The smallest absolute Gasteiger partial charge is 0.251 e. The summed E-state index contributed by atoms with van der Waals surface area (Å²) < 4.78 is 3.60. The average Bonchev–Trinajstić information content (AvgIpc) is 3.36. The predicted molar refractivity (Wildman–Crippen MR) is 128 cm³/mol. The zero-order valence-electron chi connectivity index (χ0n) is 18.2. The van der Waals surface area contributed by atoms with E-state index >= 15 is 0 Å². The molecule has 0 fully saturated rings. The van der Waals surface area contributed by atoms with Gasteiger partial charge in [-0.05, 0) is 50.2 Å². The number of benzene rings is 2. The molecule has 0 bridgehead atoms. The summed E-state index contributed by atoms with van der Waals surface area (Å²) in [5.74, 6) is 0.222. The molecule has 0 saturated heterocycles. The molecule has 3 aromatic heterocycles. The first-order valence-electron chi connectivity index (χ1n) is 10.3. The molecule has 3 heterocycles. The number of carbonyl (C=O) groups excluding carboxylic acids is 1. The van der Waals surface area contributed by atoms with Crippen molar-refractivity contribution in [2.24, 2.45) is 0 Å². The Morgan fingerprint density at radius 3 is 2.76 bits per heavy atom. The maximum absolute atomic E-state index is 12.2. The number of rotatable bonds is 4. The lowest BCUT2D eigenvalue weighted by atomic mass is 10.1. The number of halogens is 1. The Hall–Kier alpha value is -3.98. The Morgan fingerprint density at radius 1 is 1.15 bits per heavy atom. The quantitative estimate of drug-likeness (QED) is 0.422. The molecule has 0 spiro atoms. The average molecular weight is 461 g/mol. The first-order valence-corrected chi connectivity index (χ1v) is 10.7. The highest BCUT2D eigenvalue weighted by molar-refractivity contribution is 6.31. The van der Waals surface area contributed by atoms with E-state index in [0.29, 0.717) is 22.1 Å². The molecule has 9 nitrogen and oxygen atoms in total. The van der Waals surface area contributed by atoms with Crippen LogP contribution in [0.5, 0.6) is 0 Å². The Labute approximate surface area is 194 Å². The highest BCUT2D eigenvalue weighted by atomic mass is 35.5. The van der Waals surface area contributed by atoms with E-state index < -0.39 is 0 Å². The van der Waals surface area contributed by atoms with Crippen LogP contribution in [0.2, 0.25) is 5.02 Å². The highest BCUT2D eigenvalue weighted by Gasteiger charge is 2.23. The summed E-state index contributed by atoms with van der Waals surface area (Å²) in [6, 6.07) is 12.6. The SMILES string of the molecule is CNC(=O)c1cccc(-n2nc(C(C)n3nc(C)c4c(N)ncnc43)c3ccc(Cl)cc32)c1. The van der Waals surface area contributed by atoms with Crippen molar-refractivity contribution < 1.29 is 4.79 Å². The van der Waals surface area contributed by atoms with Crippen molar-refractivity contribution >= 4 is 45.3 Å². The van der Waals surface area contributed by atoms with E-state index in [0.717, 1.165) is 33.4 Å². The third kappa shape index (κ3) is 3.37. The summed E-state index contributed by atoms with van der Waals surface area (Å²) in [4.78, 5) is 20.7. The minimum Gasteiger partial charge on any atom is -0.383 e. The maximum Gasteiger partial charge on any atom is 0.251 e. The van der Waals surface area contributed by atoms with Crippen LogP contribution < -0.4 is 11.1 Å². The van der Waals surface area contributed by atoms with Gasteiger partial charge in [-0.25, -0.2) is 19.3 Å². The molecule has 1 atom stereocenters. The molecule has 2 aromatic carbocycles. The molecule has 0 aliphatic rings. The molecule has 1 amide bonds. The van der Waals surface area contributed by atoms with E-state index in [4.69, 9.17) is 22.4 Å². The van der Waals surface area contributed by atoms with Crippen LogP contribution in [0.4, 0.5) is 5.82 Å². The summed E-state index contributed by atoms with van der Waals surface area (Å²) >= 11 is 6.33. The zero-order valence-corrected chi connectivity index (χ0v) is 19.0. The van der Waals surface area contributed by atoms with Gasteiger partial charge in [-0.1, -0.05) is 17.7 Å². The molecule has 3 N–H and O–H groups in total. The van der Waals surface area contributed by atoms with Gasteiger partial charge in [0.15, 0.2) is 5.65 Å². The van der Waals surface area contributed by atoms with Crippen LogP contribution in [0.1, 0.15) is 34.7 Å². The van der Waals surface area contributed by atoms with Gasteiger partial charge in [0.2, 0.25) is 0 Å². The van der Waals surface area contributed by atoms with Crippen LogP contribution in [0.15, 0.2) is 48.8 Å². The van der Waals surface area contributed by atoms with Gasteiger partial charge in [-0.2, -0.15) is 10.2 Å². The number of amides is 1. The molecular formula is C23H21ClN8O. The second-order valence-electron chi connectivity index (χ2n) is 7.75. The van der Waals surface area contributed by atoms with Gasteiger partial charge < -0.3 is 11.1 Å². The molecule has 0 radical (unpaired) electrons. The normalized spacial score (nSPS) is 12.4. The molecule has 1 unspecified atom stereocenters. The molecule has 166 valence electrons. The van der Waals surface area contributed by atoms with E-state index in [1.807, 2.05) is 48.9 Å². The van der Waals surface area contributed by atoms with Gasteiger partial charge in [0.25, 0.3) is 5.91 Å². The zero-order chi connectivity index (χ0) is 23.3. The van der Waals surface area contributed by atoms with Crippen molar-refractivity contribution in [2.75, 3.05) is 12.8 Å². The number of fused-ring (bicyclic) bond motifs is 2. The first-order chi connectivity index (χ1) is 15.9. The lowest BCUT2D eigenvalue weighted by Crippen LogP contribution is -2.18. The fourth-order valence-electron chi connectivity index (χ4n) is 4.10. The molecule has 0 aliphatic heterocycles. The third-order valence-corrected chi connectivity index (χ3v) is 5.94. The fraction of sp³-hybridized carbons (Fsp3) is 0.174. The van der Waals surface area contributed by atoms with Crippen molar-refractivity contribution in [3.8, 4) is 5.69 Å². The van der Waals surface area contributed by atoms with Crippen LogP contribution in [-0.4, -0.2) is 42.5 Å². The second kappa shape index (κ2) is 7.86. The van der Waals surface area contributed by atoms with Crippen molar-refractivity contribution in [3.05, 3.63) is 70.8 Å². The van der Waals surface area contributed by atoms with Crippen molar-refractivity contribution in [3.63, 3.8) is 0 Å². The Kier molecular flexibility index (Phi) is 4.98. The van der Waals surface area contributed by atoms with Crippen LogP contribution in [0.25, 0.3) is 27.6 Å². The Balaban J connectivity index is 1.72. The van der Waals surface area contributed by atoms with Crippen molar-refractivity contribution in [1.29, 1.82) is 0 Å². The van der Waals surface area contributed by atoms with Crippen LogP contribution in [0.3, 0.4) is 0 Å². The predicted octanol–water partition coefficient (Wildman–Crippen LogP) is 3.68. The van der Waals surface area contributed by atoms with Crippen molar-refractivity contribution in [1.82, 2.24) is 34.8 Å². The van der Waals surface area contributed by atoms with Crippen LogP contribution >= 0.6 is 11.6 Å². The molecular weight excluding hydrogens is 440 g/mol. The third-order valence-electron chi connectivity index (χ3n) is 5.71. The number of nitrogens with two attached hydrogens (primary N) is 1. The van der Waals surface area contributed by atoms with Gasteiger partial charge in [-0.3, -0.25) is 4.79 Å². The van der Waals surface area contributed by atoms with Gasteiger partial charge in [0.05, 0.1) is 34.0 Å². The number of aryl methyl sites for hydroxylation is 1. The number of anilines is 1. The molecule has 0 aliphatic carbocycles. The number of aromatic nitrogens is 6. The van der Waals surface area contributed by atoms with E-state index in [9.17, 15) is 4.79 Å². The van der Waals surface area contributed by atoms with Gasteiger partial charge in [-0.15, -0.1) is 0 Å². The van der Waals surface area contributed by atoms with E-state index in [-0.39, 0.29) is 11.9 Å². The second-order valence-corrected chi connectivity index (χ2v) is 8.19. The van der Waals surface area contributed by atoms with Crippen LogP contribution in [0, 0.1) is 6.92 Å². The minimum atomic E-state index is -0.262. The summed E-state index contributed by atoms with van der Waals surface area (Å²) in [6.45, 7) is 3.89. The maximum atomic E-state index is 12.2. The number of hydrogen-bond donors (Lipinski definition) is 2. The van der Waals surface area contributed by atoms with E-state index in [1.165, 1.54) is 6.33 Å². The lowest BCUT2D eigenvalue weighted by Gasteiger charge is -2.11. The largest absolute Gasteiger partial charge is 0.383 e. The number of nitrogen functional groups attached to an aromatic ring is 1. The lowest BCUT2D eigenvalue weighted by molar-refractivity contribution is 0.0963. The molecule has 5 aromatic rings. The molecule has 10 heteroatoms. The summed E-state index contributed by atoms with van der Waals surface area (Å²) in [7, 11) is 1.60. The number of carbonyl (C=O) groups is 1. The topological polar surface area (TPSA) is 117 Å². The van der Waals surface area contributed by atoms with Crippen molar-refractivity contribution in [2.45, 2.75) is 19.9 Å². The van der Waals surface area contributed by atoms with Gasteiger partial charge in [0.1, 0.15) is 12.1 Å². The van der Waals surface area contributed by atoms with Gasteiger partial charge in [0, 0.05) is 23.0 Å². The monoisotopic (exact) mass is 460 g/mol. The van der Waals surface area contributed by atoms with Gasteiger partial charge >= 0.3 is 0 Å². The minimum absolute atomic E-state index is 0.171. The Morgan fingerprint density at radius 2 is 1.97 bits per heavy atom. The summed E-state index contributed by atoms with van der Waals surface area (Å²) in [5.41, 5.74) is 10.4. The van der Waals surface area contributed by atoms with Crippen LogP contribution in [-0.2, 0) is 0 Å². The van der Waals surface area contributed by atoms with E-state index in [2.05, 4.69) is 20.4 Å². The number of hydrogen-bond acceptors (Lipinski definition) is 6. The Bertz CT molecular complexity index is 1540. The number of nitrogens with zero attached hydrogens (tertiary/aromatic N) is 6. The standard InChI is InChI=1S/C23H21ClN8O/c1-12-19-21(25)27-11-28-22(19)31(29-12)13(2)20-17-8-7-15(24)10-18(17)32(30-20)16-6-4-5-14(9-16)23(33)26-3/h4-11,13H,1-3H3,(H,26,33)(H2,25,27,28). The molecule has 33 heavy (non-hydrogen) atoms. The van der Waals surface area contributed by atoms with E-state index in [1.54, 1.807) is 23.9 Å². The molecule has 5 rings (SSSR count). The highest BCUT2D eigenvalue weighted by Crippen LogP contribution is 2.32. The first kappa shape index (κ1) is 20.9. The summed E-state index contributed by atoms with van der Waals surface area (Å²) in [5, 5.41) is 14.5. The summed E-state index contributed by atoms with van der Waals surface area (Å²) in [6.07, 6.45) is 1.43.